The number of hydrogen-bond acceptors (Lipinski definition) is 4. The summed E-state index contributed by atoms with van der Waals surface area (Å²) in [6.07, 6.45) is 3.54. The maximum atomic E-state index is 9.30. The second-order valence-corrected chi connectivity index (χ2v) is 5.67. The van der Waals surface area contributed by atoms with E-state index >= 15 is 0 Å². The number of benzene rings is 1. The van der Waals surface area contributed by atoms with E-state index in [1.54, 1.807) is 6.20 Å². The van der Waals surface area contributed by atoms with Gasteiger partial charge in [-0.05, 0) is 25.8 Å². The van der Waals surface area contributed by atoms with Crippen molar-refractivity contribution in [2.45, 2.75) is 25.5 Å². The van der Waals surface area contributed by atoms with Crippen LogP contribution in [0, 0.1) is 5.92 Å². The highest BCUT2D eigenvalue weighted by molar-refractivity contribution is 5.55. The van der Waals surface area contributed by atoms with Crippen LogP contribution in [-0.2, 0) is 6.54 Å². The lowest BCUT2D eigenvalue weighted by Gasteiger charge is -2.34. The molecule has 0 atom stereocenters. The van der Waals surface area contributed by atoms with Crippen molar-refractivity contribution in [3.63, 3.8) is 0 Å². The van der Waals surface area contributed by atoms with E-state index in [1.165, 1.54) is 0 Å². The highest BCUT2D eigenvalue weighted by Crippen LogP contribution is 2.28. The van der Waals surface area contributed by atoms with Crippen molar-refractivity contribution in [1.82, 2.24) is 9.88 Å². The molecule has 0 bridgehead atoms. The first kappa shape index (κ1) is 13.3. The molecule has 1 aromatic heterocycles. The monoisotopic (exact) mass is 272 g/mol. The fourth-order valence-corrected chi connectivity index (χ4v) is 2.71. The largest absolute Gasteiger partial charge is 0.439 e. The Labute approximate surface area is 119 Å². The van der Waals surface area contributed by atoms with E-state index in [0.29, 0.717) is 12.5 Å². The maximum absolute atomic E-state index is 9.30. The van der Waals surface area contributed by atoms with Gasteiger partial charge in [0.05, 0.1) is 18.8 Å². The Morgan fingerprint density at radius 1 is 1.30 bits per heavy atom. The van der Waals surface area contributed by atoms with Crippen molar-refractivity contribution in [3.05, 3.63) is 42.4 Å². The minimum atomic E-state index is -0.0835. The number of aliphatic hydroxyl groups excluding tert-OH is 1. The Morgan fingerprint density at radius 3 is 2.75 bits per heavy atom. The van der Waals surface area contributed by atoms with Gasteiger partial charge in [0.1, 0.15) is 0 Å². The summed E-state index contributed by atoms with van der Waals surface area (Å²) < 4.78 is 5.79. The standard InChI is InChI=1S/C16H20N2O2/c1-18(10-12-7-14(19)8-12)11-16-17-9-15(20-16)13-5-3-2-4-6-13/h2-6,9,12,14,19H,7-8,10-11H2,1H3. The second-order valence-electron chi connectivity index (χ2n) is 5.67. The number of hydrogen-bond donors (Lipinski definition) is 1. The molecule has 0 amide bonds. The highest BCUT2D eigenvalue weighted by Gasteiger charge is 2.28. The van der Waals surface area contributed by atoms with Gasteiger partial charge in [0.2, 0.25) is 5.89 Å². The average molecular weight is 272 g/mol. The Bertz CT molecular complexity index is 547. The zero-order valence-electron chi connectivity index (χ0n) is 11.7. The van der Waals surface area contributed by atoms with E-state index in [1.807, 2.05) is 30.3 Å². The Hall–Kier alpha value is -1.65. The third-order valence-electron chi connectivity index (χ3n) is 3.80. The van der Waals surface area contributed by atoms with Crippen LogP contribution in [0.25, 0.3) is 11.3 Å². The van der Waals surface area contributed by atoms with E-state index in [9.17, 15) is 5.11 Å². The van der Waals surface area contributed by atoms with Crippen LogP contribution in [0.2, 0.25) is 0 Å². The van der Waals surface area contributed by atoms with E-state index in [-0.39, 0.29) is 6.10 Å². The molecule has 1 saturated carbocycles. The van der Waals surface area contributed by atoms with Crippen LogP contribution in [0.15, 0.2) is 40.9 Å². The quantitative estimate of drug-likeness (QED) is 0.908. The van der Waals surface area contributed by atoms with Crippen molar-refractivity contribution in [1.29, 1.82) is 0 Å². The van der Waals surface area contributed by atoms with Gasteiger partial charge in [-0.1, -0.05) is 30.3 Å². The Balaban J connectivity index is 1.57. The summed E-state index contributed by atoms with van der Waals surface area (Å²) >= 11 is 0. The molecule has 20 heavy (non-hydrogen) atoms. The molecule has 1 heterocycles. The lowest BCUT2D eigenvalue weighted by atomic mass is 9.82. The van der Waals surface area contributed by atoms with Crippen molar-refractivity contribution >= 4 is 0 Å². The zero-order chi connectivity index (χ0) is 13.9. The zero-order valence-corrected chi connectivity index (χ0v) is 11.7. The predicted octanol–water partition coefficient (Wildman–Crippen LogP) is 2.54. The van der Waals surface area contributed by atoms with Gasteiger partial charge in [-0.25, -0.2) is 4.98 Å². The molecule has 1 aromatic carbocycles. The highest BCUT2D eigenvalue weighted by atomic mass is 16.4. The number of aliphatic hydroxyl groups is 1. The Kier molecular flexibility index (Phi) is 3.85. The van der Waals surface area contributed by atoms with Crippen LogP contribution >= 0.6 is 0 Å². The van der Waals surface area contributed by atoms with E-state index in [0.717, 1.165) is 36.6 Å². The van der Waals surface area contributed by atoms with Crippen LogP contribution in [-0.4, -0.2) is 34.7 Å². The molecular formula is C16H20N2O2. The van der Waals surface area contributed by atoms with Gasteiger partial charge in [0.25, 0.3) is 0 Å². The molecule has 4 nitrogen and oxygen atoms in total. The van der Waals surface area contributed by atoms with Gasteiger partial charge in [0.15, 0.2) is 5.76 Å². The smallest absolute Gasteiger partial charge is 0.209 e. The van der Waals surface area contributed by atoms with Crippen molar-refractivity contribution in [3.8, 4) is 11.3 Å². The van der Waals surface area contributed by atoms with Gasteiger partial charge in [-0.2, -0.15) is 0 Å². The van der Waals surface area contributed by atoms with Crippen LogP contribution in [0.1, 0.15) is 18.7 Å². The molecule has 106 valence electrons. The molecule has 3 rings (SSSR count). The van der Waals surface area contributed by atoms with Crippen molar-refractivity contribution < 1.29 is 9.52 Å². The van der Waals surface area contributed by atoms with Gasteiger partial charge >= 0.3 is 0 Å². The summed E-state index contributed by atoms with van der Waals surface area (Å²) in [5.41, 5.74) is 1.05. The molecule has 4 heteroatoms. The van der Waals surface area contributed by atoms with Crippen LogP contribution in [0.4, 0.5) is 0 Å². The first-order chi connectivity index (χ1) is 9.70. The second kappa shape index (κ2) is 5.77. The normalized spacial score (nSPS) is 21.9. The Morgan fingerprint density at radius 2 is 2.05 bits per heavy atom. The lowest BCUT2D eigenvalue weighted by Crippen LogP contribution is -2.36. The third kappa shape index (κ3) is 3.08. The maximum Gasteiger partial charge on any atom is 0.209 e. The molecule has 1 aliphatic rings. The summed E-state index contributed by atoms with van der Waals surface area (Å²) in [5.74, 6) is 2.16. The first-order valence-electron chi connectivity index (χ1n) is 7.07. The van der Waals surface area contributed by atoms with Crippen molar-refractivity contribution in [2.75, 3.05) is 13.6 Å². The molecule has 2 aromatic rings. The van der Waals surface area contributed by atoms with E-state index in [2.05, 4.69) is 16.9 Å². The minimum Gasteiger partial charge on any atom is -0.439 e. The number of nitrogens with zero attached hydrogens (tertiary/aromatic N) is 2. The number of rotatable bonds is 5. The van der Waals surface area contributed by atoms with Crippen LogP contribution < -0.4 is 0 Å². The summed E-state index contributed by atoms with van der Waals surface area (Å²) in [5, 5.41) is 9.30. The number of aromatic nitrogens is 1. The molecule has 1 aliphatic carbocycles. The predicted molar refractivity (Wildman–Crippen MR) is 77.0 cm³/mol. The summed E-state index contributed by atoms with van der Waals surface area (Å²) in [6.45, 7) is 1.69. The topological polar surface area (TPSA) is 49.5 Å². The fourth-order valence-electron chi connectivity index (χ4n) is 2.71. The van der Waals surface area contributed by atoms with Crippen LogP contribution in [0.5, 0.6) is 0 Å². The molecule has 0 spiro atoms. The molecule has 0 unspecified atom stereocenters. The third-order valence-corrected chi connectivity index (χ3v) is 3.80. The van der Waals surface area contributed by atoms with Gasteiger partial charge in [-0.15, -0.1) is 0 Å². The molecular weight excluding hydrogens is 252 g/mol. The van der Waals surface area contributed by atoms with Crippen molar-refractivity contribution in [2.24, 2.45) is 5.92 Å². The lowest BCUT2D eigenvalue weighted by molar-refractivity contribution is 0.0264. The van der Waals surface area contributed by atoms with E-state index < -0.39 is 0 Å². The summed E-state index contributed by atoms with van der Waals surface area (Å²) in [6, 6.07) is 10.0. The SMILES string of the molecule is CN(Cc1ncc(-c2ccccc2)o1)CC1CC(O)C1. The molecule has 0 radical (unpaired) electrons. The average Bonchev–Trinajstić information content (AvgIpc) is 2.86. The summed E-state index contributed by atoms with van der Waals surface area (Å²) in [7, 11) is 2.07. The summed E-state index contributed by atoms with van der Waals surface area (Å²) in [4.78, 5) is 6.55. The van der Waals surface area contributed by atoms with Gasteiger partial charge in [0, 0.05) is 12.1 Å². The minimum absolute atomic E-state index is 0.0835. The fraction of sp³-hybridized carbons (Fsp3) is 0.438. The molecule has 1 N–H and O–H groups in total. The van der Waals surface area contributed by atoms with Crippen LogP contribution in [0.3, 0.4) is 0 Å². The number of oxazole rings is 1. The van der Waals surface area contributed by atoms with Gasteiger partial charge < -0.3 is 9.52 Å². The molecule has 0 aliphatic heterocycles. The molecule has 1 fully saturated rings. The first-order valence-corrected chi connectivity index (χ1v) is 7.07. The van der Waals surface area contributed by atoms with E-state index in [4.69, 9.17) is 4.42 Å². The molecule has 0 saturated heterocycles. The van der Waals surface area contributed by atoms with Gasteiger partial charge in [-0.3, -0.25) is 4.90 Å².